The van der Waals surface area contributed by atoms with E-state index in [0.29, 0.717) is 51.5 Å². The summed E-state index contributed by atoms with van der Waals surface area (Å²) in [6.07, 6.45) is -0.895. The van der Waals surface area contributed by atoms with Gasteiger partial charge in [0.1, 0.15) is 17.5 Å². The number of carbonyl (C=O) groups excluding carboxylic acids is 2. The van der Waals surface area contributed by atoms with Crippen LogP contribution in [-0.2, 0) is 30.8 Å². The first-order chi connectivity index (χ1) is 23.1. The van der Waals surface area contributed by atoms with E-state index in [1.807, 2.05) is 38.7 Å². The third-order valence-electron chi connectivity index (χ3n) is 9.72. The molecule has 4 heterocycles. The average molecular weight is 684 g/mol. The molecule has 0 bridgehead atoms. The van der Waals surface area contributed by atoms with Crippen molar-refractivity contribution in [2.45, 2.75) is 90.1 Å². The number of morpholine rings is 1. The summed E-state index contributed by atoms with van der Waals surface area (Å²) >= 11 is 0. The summed E-state index contributed by atoms with van der Waals surface area (Å²) in [7, 11) is 1.53. The Hall–Kier alpha value is -3.16. The molecule has 0 spiro atoms. The summed E-state index contributed by atoms with van der Waals surface area (Å²) in [5.74, 6) is -0.374. The first-order valence-corrected chi connectivity index (χ1v) is 17.4. The maximum atomic E-state index is 14.4. The fraction of sp³-hybridized carbons (Fsp3) is 0.649. The third kappa shape index (κ3) is 8.78. The highest BCUT2D eigenvalue weighted by Crippen LogP contribution is 2.42. The Morgan fingerprint density at radius 3 is 2.49 bits per heavy atom. The molecule has 2 fully saturated rings. The molecule has 3 aliphatic rings. The summed E-state index contributed by atoms with van der Waals surface area (Å²) in [6.45, 7) is 18.3. The van der Waals surface area contributed by atoms with Crippen LogP contribution in [0.3, 0.4) is 0 Å². The van der Waals surface area contributed by atoms with E-state index in [1.54, 1.807) is 17.0 Å². The fourth-order valence-corrected chi connectivity index (χ4v) is 7.14. The van der Waals surface area contributed by atoms with Crippen molar-refractivity contribution in [1.29, 1.82) is 0 Å². The highest BCUT2D eigenvalue weighted by molar-refractivity contribution is 5.97. The monoisotopic (exact) mass is 683 g/mol. The van der Waals surface area contributed by atoms with Crippen molar-refractivity contribution < 1.29 is 33.3 Å². The highest BCUT2D eigenvalue weighted by Gasteiger charge is 2.43. The van der Waals surface area contributed by atoms with Crippen molar-refractivity contribution >= 4 is 17.7 Å². The van der Waals surface area contributed by atoms with E-state index in [1.165, 1.54) is 19.2 Å². The summed E-state index contributed by atoms with van der Waals surface area (Å²) in [5, 5.41) is 11.1. The molecule has 0 unspecified atom stereocenters. The second-order valence-corrected chi connectivity index (χ2v) is 15.5. The Morgan fingerprint density at radius 2 is 1.84 bits per heavy atom. The summed E-state index contributed by atoms with van der Waals surface area (Å²) in [4.78, 5) is 40.9. The molecule has 1 aromatic heterocycles. The van der Waals surface area contributed by atoms with Crippen LogP contribution in [0.25, 0.3) is 0 Å². The second kappa shape index (κ2) is 15.0. The van der Waals surface area contributed by atoms with Crippen LogP contribution < -0.4 is 4.90 Å². The number of fused-ring (bicyclic) bond motifs is 1. The highest BCUT2D eigenvalue weighted by atomic mass is 19.1. The number of hydrogen-bond donors (Lipinski definition) is 1. The number of rotatable bonds is 9. The van der Waals surface area contributed by atoms with Crippen molar-refractivity contribution in [3.8, 4) is 0 Å². The number of halogens is 1. The number of methoxy groups -OCH3 is 1. The molecule has 0 saturated carbocycles. The quantitative estimate of drug-likeness (QED) is 0.417. The zero-order chi connectivity index (χ0) is 35.7. The molecule has 49 heavy (non-hydrogen) atoms. The second-order valence-electron chi connectivity index (χ2n) is 15.5. The predicted molar refractivity (Wildman–Crippen MR) is 185 cm³/mol. The minimum Gasteiger partial charge on any atom is -0.444 e. The van der Waals surface area contributed by atoms with Gasteiger partial charge in [-0.1, -0.05) is 26.0 Å². The minimum absolute atomic E-state index is 0.0514. The maximum absolute atomic E-state index is 14.4. The normalized spacial score (nSPS) is 23.8. The van der Waals surface area contributed by atoms with Crippen molar-refractivity contribution in [2.75, 3.05) is 71.1 Å². The molecule has 4 atom stereocenters. The Balaban J connectivity index is 1.43. The number of carbonyl (C=O) groups is 2. The standard InChI is InChI=1S/C37H54FN5O6/c1-24-17-41(29(18-40-13-14-48-21-25(40)2)19-42(24)35(46)49-36(3,4)5)20-32(45)43-23-37(6,7)34-30(43)16-27(33(39-34)31(44)22-47-8)15-26-9-11-28(38)12-10-26/h9-12,16,24-25,29,31,44H,13-15,17-23H2,1-8H3/t24-,25-,29+,31+/m1/s1. The van der Waals surface area contributed by atoms with Crippen LogP contribution in [0.4, 0.5) is 14.9 Å². The number of aliphatic hydroxyl groups excluding tert-OH is 1. The lowest BCUT2D eigenvalue weighted by Crippen LogP contribution is -2.64. The maximum Gasteiger partial charge on any atom is 0.410 e. The van der Waals surface area contributed by atoms with Crippen LogP contribution in [0.5, 0.6) is 0 Å². The van der Waals surface area contributed by atoms with Crippen LogP contribution in [0.2, 0.25) is 0 Å². The Morgan fingerprint density at radius 1 is 1.12 bits per heavy atom. The average Bonchev–Trinajstić information content (AvgIpc) is 3.28. The van der Waals surface area contributed by atoms with Gasteiger partial charge in [0.15, 0.2) is 0 Å². The molecule has 2 aromatic rings. The molecule has 0 radical (unpaired) electrons. The predicted octanol–water partition coefficient (Wildman–Crippen LogP) is 4.15. The third-order valence-corrected chi connectivity index (χ3v) is 9.72. The number of hydrogen-bond acceptors (Lipinski definition) is 9. The number of amides is 2. The van der Waals surface area contributed by atoms with Crippen LogP contribution in [0, 0.1) is 5.82 Å². The van der Waals surface area contributed by atoms with E-state index in [-0.39, 0.29) is 49.1 Å². The SMILES string of the molecule is COC[C@H](O)c1nc2c(cc1Cc1ccc(F)cc1)N(C(=O)CN1C[C@@H](C)N(C(=O)OC(C)(C)C)C[C@@H]1CN1CCOC[C@H]1C)CC2(C)C. The molecular formula is C37H54FN5O6. The number of aliphatic hydroxyl groups is 1. The van der Waals surface area contributed by atoms with E-state index in [9.17, 15) is 19.1 Å². The summed E-state index contributed by atoms with van der Waals surface area (Å²) in [5.41, 5.74) is 2.50. The Bertz CT molecular complexity index is 1480. The number of nitrogens with zero attached hydrogens (tertiary/aromatic N) is 5. The molecular weight excluding hydrogens is 629 g/mol. The van der Waals surface area contributed by atoms with Gasteiger partial charge in [0.25, 0.3) is 0 Å². The molecule has 11 nitrogen and oxygen atoms in total. The van der Waals surface area contributed by atoms with E-state index in [4.69, 9.17) is 19.2 Å². The van der Waals surface area contributed by atoms with Crippen LogP contribution in [-0.4, -0.2) is 127 Å². The number of benzene rings is 1. The van der Waals surface area contributed by atoms with Crippen molar-refractivity contribution in [2.24, 2.45) is 0 Å². The zero-order valence-corrected chi connectivity index (χ0v) is 30.4. The summed E-state index contributed by atoms with van der Waals surface area (Å²) in [6, 6.07) is 8.20. The smallest absolute Gasteiger partial charge is 0.410 e. The lowest BCUT2D eigenvalue weighted by atomic mass is 9.90. The van der Waals surface area contributed by atoms with Gasteiger partial charge in [-0.3, -0.25) is 19.6 Å². The van der Waals surface area contributed by atoms with Gasteiger partial charge in [0, 0.05) is 63.4 Å². The molecule has 270 valence electrons. The molecule has 3 aliphatic heterocycles. The van der Waals surface area contributed by atoms with Gasteiger partial charge in [-0.2, -0.15) is 0 Å². The molecule has 2 saturated heterocycles. The zero-order valence-electron chi connectivity index (χ0n) is 30.4. The topological polar surface area (TPSA) is 108 Å². The summed E-state index contributed by atoms with van der Waals surface area (Å²) < 4.78 is 30.4. The van der Waals surface area contributed by atoms with Crippen molar-refractivity contribution in [3.63, 3.8) is 0 Å². The van der Waals surface area contributed by atoms with E-state index < -0.39 is 17.1 Å². The molecule has 1 aromatic carbocycles. The largest absolute Gasteiger partial charge is 0.444 e. The molecule has 12 heteroatoms. The van der Waals surface area contributed by atoms with Gasteiger partial charge in [-0.05, 0) is 70.4 Å². The molecule has 1 N–H and O–H groups in total. The van der Waals surface area contributed by atoms with Crippen LogP contribution in [0.1, 0.15) is 77.1 Å². The Labute approximate surface area is 290 Å². The van der Waals surface area contributed by atoms with Crippen molar-refractivity contribution in [1.82, 2.24) is 19.7 Å². The van der Waals surface area contributed by atoms with Gasteiger partial charge >= 0.3 is 6.09 Å². The van der Waals surface area contributed by atoms with E-state index >= 15 is 0 Å². The molecule has 2 amide bonds. The number of pyridine rings is 1. The lowest BCUT2D eigenvalue weighted by Gasteiger charge is -2.47. The van der Waals surface area contributed by atoms with Gasteiger partial charge in [0.05, 0.1) is 43.4 Å². The van der Waals surface area contributed by atoms with Crippen LogP contribution >= 0.6 is 0 Å². The first kappa shape index (κ1) is 37.1. The molecule has 0 aliphatic carbocycles. The van der Waals surface area contributed by atoms with Gasteiger partial charge in [-0.15, -0.1) is 0 Å². The van der Waals surface area contributed by atoms with Gasteiger partial charge in [0.2, 0.25) is 5.91 Å². The lowest BCUT2D eigenvalue weighted by molar-refractivity contribution is -0.121. The van der Waals surface area contributed by atoms with E-state index in [2.05, 4.69) is 30.6 Å². The van der Waals surface area contributed by atoms with Gasteiger partial charge < -0.3 is 29.1 Å². The first-order valence-electron chi connectivity index (χ1n) is 17.4. The van der Waals surface area contributed by atoms with E-state index in [0.717, 1.165) is 29.1 Å². The molecule has 5 rings (SSSR count). The fourth-order valence-electron chi connectivity index (χ4n) is 7.14. The van der Waals surface area contributed by atoms with Crippen LogP contribution in [0.15, 0.2) is 30.3 Å². The van der Waals surface area contributed by atoms with Gasteiger partial charge in [-0.25, -0.2) is 9.18 Å². The number of piperazine rings is 1. The Kier molecular flexibility index (Phi) is 11.3. The number of aromatic nitrogens is 1. The number of anilines is 1. The minimum atomic E-state index is -0.961. The van der Waals surface area contributed by atoms with Crippen molar-refractivity contribution in [3.05, 3.63) is 58.7 Å². The number of ether oxygens (including phenoxy) is 3.